The number of sulfonamides is 1. The minimum Gasteiger partial charge on any atom is -0.279 e. The summed E-state index contributed by atoms with van der Waals surface area (Å²) in [4.78, 5) is 18.2. The average Bonchev–Trinajstić information content (AvgIpc) is 2.81. The molecule has 0 saturated carbocycles. The molecule has 4 aromatic rings. The fraction of sp³-hybridized carbons (Fsp3) is 0.0435. The molecular formula is C23H21FN4O4PdS. The molecule has 0 spiro atoms. The zero-order chi connectivity index (χ0) is 23.0. The summed E-state index contributed by atoms with van der Waals surface area (Å²) in [6.45, 7) is 1.92. The predicted molar refractivity (Wildman–Crippen MR) is 125 cm³/mol. The summed E-state index contributed by atoms with van der Waals surface area (Å²) in [6, 6.07) is 21.0. The molecule has 0 aliphatic carbocycles. The van der Waals surface area contributed by atoms with E-state index in [-0.39, 0.29) is 35.7 Å². The summed E-state index contributed by atoms with van der Waals surface area (Å²) in [6.07, 6.45) is 5.21. The number of hydrogen-bond acceptors (Lipinski definition) is 6. The van der Waals surface area contributed by atoms with Gasteiger partial charge in [0.05, 0.1) is 21.2 Å². The minimum absolute atomic E-state index is 0. The van der Waals surface area contributed by atoms with E-state index in [0.29, 0.717) is 16.9 Å². The van der Waals surface area contributed by atoms with Crippen molar-refractivity contribution in [2.24, 2.45) is 0 Å². The van der Waals surface area contributed by atoms with Gasteiger partial charge in [-0.1, -0.05) is 30.3 Å². The van der Waals surface area contributed by atoms with Crippen LogP contribution >= 0.6 is 0 Å². The Bertz CT molecular complexity index is 1260. The van der Waals surface area contributed by atoms with Gasteiger partial charge in [-0.05, 0) is 48.9 Å². The Labute approximate surface area is 210 Å². The summed E-state index contributed by atoms with van der Waals surface area (Å²) in [5.41, 5.74) is 2.48. The van der Waals surface area contributed by atoms with E-state index in [1.54, 1.807) is 42.9 Å². The van der Waals surface area contributed by atoms with Crippen LogP contribution in [0, 0.1) is 17.0 Å². The third kappa shape index (κ3) is 7.81. The number of aromatic nitrogens is 2. The normalized spacial score (nSPS) is 9.91. The fourth-order valence-electron chi connectivity index (χ4n) is 2.69. The number of non-ortho nitro benzene ring substituents is 1. The maximum atomic E-state index is 12.6. The van der Waals surface area contributed by atoms with Gasteiger partial charge in [-0.3, -0.25) is 29.5 Å². The van der Waals surface area contributed by atoms with Gasteiger partial charge < -0.3 is 0 Å². The monoisotopic (exact) mass is 574 g/mol. The van der Waals surface area contributed by atoms with Gasteiger partial charge in [0.25, 0.3) is 15.7 Å². The van der Waals surface area contributed by atoms with E-state index in [4.69, 9.17) is 0 Å². The van der Waals surface area contributed by atoms with Crippen LogP contribution in [0.2, 0.25) is 0 Å². The largest absolute Gasteiger partial charge is 0.279 e. The second kappa shape index (κ2) is 13.3. The summed E-state index contributed by atoms with van der Waals surface area (Å²) in [7, 11) is -3.89. The molecule has 2 aromatic carbocycles. The number of halogens is 1. The van der Waals surface area contributed by atoms with Crippen LogP contribution in [0.4, 0.5) is 16.1 Å². The number of pyridine rings is 2. The number of anilines is 1. The number of benzene rings is 2. The molecule has 0 unspecified atom stereocenters. The molecule has 4 rings (SSSR count). The first kappa shape index (κ1) is 28.5. The number of nitrogens with one attached hydrogen (secondary N) is 1. The zero-order valence-corrected chi connectivity index (χ0v) is 20.2. The van der Waals surface area contributed by atoms with Crippen molar-refractivity contribution in [3.8, 4) is 11.3 Å². The van der Waals surface area contributed by atoms with Crippen molar-refractivity contribution >= 4 is 21.4 Å². The van der Waals surface area contributed by atoms with Gasteiger partial charge in [0.2, 0.25) is 0 Å². The Hall–Kier alpha value is -3.52. The molecule has 0 aliphatic rings. The maximum absolute atomic E-state index is 12.6. The van der Waals surface area contributed by atoms with Crippen LogP contribution in [0.1, 0.15) is 5.56 Å². The quantitative estimate of drug-likeness (QED) is 0.204. The van der Waals surface area contributed by atoms with Crippen LogP contribution in [-0.4, -0.2) is 23.3 Å². The van der Waals surface area contributed by atoms with Crippen LogP contribution in [0.3, 0.4) is 0 Å². The zero-order valence-electron chi connectivity index (χ0n) is 17.8. The van der Waals surface area contributed by atoms with E-state index in [0.717, 1.165) is 17.7 Å². The smallest absolute Gasteiger partial charge is 0.269 e. The van der Waals surface area contributed by atoms with Crippen LogP contribution in [-0.2, 0) is 30.4 Å². The van der Waals surface area contributed by atoms with E-state index in [1.165, 1.54) is 12.1 Å². The Morgan fingerprint density at radius 3 is 2.03 bits per heavy atom. The predicted octanol–water partition coefficient (Wildman–Crippen LogP) is 5.00. The molecule has 2 aromatic heterocycles. The number of aryl methyl sites for hydroxylation is 1. The second-order valence-corrected chi connectivity index (χ2v) is 8.33. The Kier molecular flexibility index (Phi) is 11.1. The summed E-state index contributed by atoms with van der Waals surface area (Å²) in [5, 5.41) is 10.7. The van der Waals surface area contributed by atoms with Gasteiger partial charge in [-0.15, -0.1) is 0 Å². The molecule has 34 heavy (non-hydrogen) atoms. The second-order valence-electron chi connectivity index (χ2n) is 6.65. The van der Waals surface area contributed by atoms with E-state index >= 15 is 0 Å². The third-order valence-corrected chi connectivity index (χ3v) is 5.66. The summed E-state index contributed by atoms with van der Waals surface area (Å²) < 4.78 is 27.8. The standard InChI is InChI=1S/C18H15N3O4S.C5H5N.FH.Pd/c1-13-6-11-17(19-12-13)16-4-2-3-5-18(16)20-26(24,25)15-9-7-14(8-10-15)21(22)23;1-2-4-6-5-3-1;;/h2-12,20H,1H3;1-5H;1H;. The van der Waals surface area contributed by atoms with Crippen molar-refractivity contribution in [3.05, 3.63) is 113 Å². The Morgan fingerprint density at radius 1 is 0.882 bits per heavy atom. The van der Waals surface area contributed by atoms with Gasteiger partial charge in [-0.2, -0.15) is 0 Å². The number of hydrogen-bond donors (Lipinski definition) is 1. The summed E-state index contributed by atoms with van der Waals surface area (Å²) in [5.74, 6) is 0. The molecule has 1 N–H and O–H groups in total. The Morgan fingerprint density at radius 2 is 1.53 bits per heavy atom. The number of nitrogens with zero attached hydrogens (tertiary/aromatic N) is 3. The fourth-order valence-corrected chi connectivity index (χ4v) is 3.77. The number of para-hydroxylation sites is 1. The van der Waals surface area contributed by atoms with Crippen molar-refractivity contribution in [1.29, 1.82) is 0 Å². The number of nitro groups is 1. The average molecular weight is 575 g/mol. The van der Waals surface area contributed by atoms with Crippen LogP contribution in [0.5, 0.6) is 0 Å². The topological polar surface area (TPSA) is 115 Å². The molecule has 0 aliphatic heterocycles. The SMILES string of the molecule is Cc1ccc(-c2ccccc2NS(=O)(=O)c2ccc([N+](=O)[O-])cc2)nc1.F.[Pd].c1ccncc1. The first-order valence-electron chi connectivity index (χ1n) is 9.51. The summed E-state index contributed by atoms with van der Waals surface area (Å²) >= 11 is 0. The van der Waals surface area contributed by atoms with Gasteiger partial charge in [-0.25, -0.2) is 8.42 Å². The molecule has 0 bridgehead atoms. The van der Waals surface area contributed by atoms with Crippen molar-refractivity contribution in [2.45, 2.75) is 11.8 Å². The number of nitro benzene ring substituents is 1. The molecular weight excluding hydrogens is 554 g/mol. The molecule has 0 fully saturated rings. The molecule has 11 heteroatoms. The van der Waals surface area contributed by atoms with Crippen molar-refractivity contribution in [1.82, 2.24) is 9.97 Å². The molecule has 0 atom stereocenters. The molecule has 8 nitrogen and oxygen atoms in total. The maximum Gasteiger partial charge on any atom is 0.269 e. The van der Waals surface area contributed by atoms with Gasteiger partial charge in [0.15, 0.2) is 0 Å². The molecule has 0 saturated heterocycles. The van der Waals surface area contributed by atoms with Crippen LogP contribution < -0.4 is 4.72 Å². The van der Waals surface area contributed by atoms with E-state index in [1.807, 2.05) is 37.3 Å². The molecule has 0 amide bonds. The van der Waals surface area contributed by atoms with Crippen LogP contribution in [0.15, 0.2) is 102 Å². The molecule has 0 radical (unpaired) electrons. The first-order valence-corrected chi connectivity index (χ1v) is 11.0. The molecule has 180 valence electrons. The van der Waals surface area contributed by atoms with Crippen molar-refractivity contribution in [2.75, 3.05) is 4.72 Å². The van der Waals surface area contributed by atoms with Gasteiger partial charge in [0.1, 0.15) is 0 Å². The van der Waals surface area contributed by atoms with E-state index in [2.05, 4.69) is 14.7 Å². The van der Waals surface area contributed by atoms with E-state index < -0.39 is 14.9 Å². The number of rotatable bonds is 5. The first-order chi connectivity index (χ1) is 15.4. The van der Waals surface area contributed by atoms with Crippen molar-refractivity contribution < 1.29 is 38.5 Å². The third-order valence-electron chi connectivity index (χ3n) is 4.28. The minimum atomic E-state index is -3.89. The van der Waals surface area contributed by atoms with Gasteiger partial charge >= 0.3 is 0 Å². The van der Waals surface area contributed by atoms with Crippen molar-refractivity contribution in [3.63, 3.8) is 0 Å². The van der Waals surface area contributed by atoms with Crippen LogP contribution in [0.25, 0.3) is 11.3 Å². The van der Waals surface area contributed by atoms with Gasteiger partial charge in [0, 0.05) is 56.7 Å². The Balaban J connectivity index is 0.000000631. The van der Waals surface area contributed by atoms with E-state index in [9.17, 15) is 18.5 Å². The molecule has 2 heterocycles.